The Morgan fingerprint density at radius 2 is 1.96 bits per heavy atom. The maximum atomic E-state index is 12.2. The fourth-order valence-corrected chi connectivity index (χ4v) is 4.25. The summed E-state index contributed by atoms with van der Waals surface area (Å²) in [5.74, 6) is -0.800. The van der Waals surface area contributed by atoms with Gasteiger partial charge in [-0.1, -0.05) is 35.4 Å². The number of hydrogen-bond acceptors (Lipinski definition) is 3. The van der Waals surface area contributed by atoms with Gasteiger partial charge in [-0.2, -0.15) is 0 Å². The van der Waals surface area contributed by atoms with Crippen molar-refractivity contribution in [3.05, 3.63) is 70.4 Å². The molecule has 1 atom stereocenters. The first-order valence-electron chi connectivity index (χ1n) is 9.52. The van der Waals surface area contributed by atoms with Gasteiger partial charge in [0.05, 0.1) is 0 Å². The first-order chi connectivity index (χ1) is 13.5. The average molecular weight is 398 g/mol. The SMILES string of the molecule is Cc1ccc2[nH]cc([C@H](C(=O)O)N3CCN(Cc4cccc(Cl)c4)CC3)c2c1. The molecule has 0 unspecified atom stereocenters. The van der Waals surface area contributed by atoms with Crippen LogP contribution in [0.2, 0.25) is 5.02 Å². The monoisotopic (exact) mass is 397 g/mol. The van der Waals surface area contributed by atoms with Crippen LogP contribution < -0.4 is 0 Å². The molecule has 0 bridgehead atoms. The van der Waals surface area contributed by atoms with E-state index < -0.39 is 12.0 Å². The largest absolute Gasteiger partial charge is 0.480 e. The smallest absolute Gasteiger partial charge is 0.325 e. The highest BCUT2D eigenvalue weighted by atomic mass is 35.5. The summed E-state index contributed by atoms with van der Waals surface area (Å²) in [6.07, 6.45) is 1.85. The predicted molar refractivity (Wildman–Crippen MR) is 112 cm³/mol. The van der Waals surface area contributed by atoms with Gasteiger partial charge in [-0.3, -0.25) is 14.6 Å². The molecular weight excluding hydrogens is 374 g/mol. The van der Waals surface area contributed by atoms with E-state index in [1.54, 1.807) is 0 Å². The van der Waals surface area contributed by atoms with Crippen molar-refractivity contribution in [2.24, 2.45) is 0 Å². The number of H-pyrrole nitrogens is 1. The van der Waals surface area contributed by atoms with Crippen LogP contribution in [0.1, 0.15) is 22.7 Å². The van der Waals surface area contributed by atoms with Gasteiger partial charge < -0.3 is 10.1 Å². The van der Waals surface area contributed by atoms with Crippen molar-refractivity contribution >= 4 is 28.5 Å². The first-order valence-corrected chi connectivity index (χ1v) is 9.90. The summed E-state index contributed by atoms with van der Waals surface area (Å²) >= 11 is 6.08. The fourth-order valence-electron chi connectivity index (χ4n) is 4.04. The second kappa shape index (κ2) is 7.95. The van der Waals surface area contributed by atoms with Crippen LogP contribution in [0.5, 0.6) is 0 Å². The van der Waals surface area contributed by atoms with Crippen molar-refractivity contribution in [1.29, 1.82) is 0 Å². The molecular formula is C22H24ClN3O2. The van der Waals surface area contributed by atoms with Gasteiger partial charge in [0.25, 0.3) is 0 Å². The lowest BCUT2D eigenvalue weighted by Gasteiger charge is -2.37. The van der Waals surface area contributed by atoms with Gasteiger partial charge in [0, 0.05) is 60.4 Å². The summed E-state index contributed by atoms with van der Waals surface area (Å²) in [4.78, 5) is 19.8. The average Bonchev–Trinajstić information content (AvgIpc) is 3.06. The van der Waals surface area contributed by atoms with Crippen molar-refractivity contribution in [3.8, 4) is 0 Å². The van der Waals surface area contributed by atoms with Crippen molar-refractivity contribution in [3.63, 3.8) is 0 Å². The number of fused-ring (bicyclic) bond motifs is 1. The topological polar surface area (TPSA) is 59.6 Å². The third-order valence-electron chi connectivity index (χ3n) is 5.46. The molecule has 4 rings (SSSR count). The van der Waals surface area contributed by atoms with Crippen LogP contribution in [-0.4, -0.2) is 52.0 Å². The molecule has 2 aromatic carbocycles. The molecule has 1 fully saturated rings. The molecule has 5 nitrogen and oxygen atoms in total. The minimum absolute atomic E-state index is 0.635. The van der Waals surface area contributed by atoms with Crippen LogP contribution in [-0.2, 0) is 11.3 Å². The molecule has 2 N–H and O–H groups in total. The van der Waals surface area contributed by atoms with Gasteiger partial charge in [-0.15, -0.1) is 0 Å². The fraction of sp³-hybridized carbons (Fsp3) is 0.318. The predicted octanol–water partition coefficient (Wildman–Crippen LogP) is 4.07. The molecule has 0 aliphatic carbocycles. The lowest BCUT2D eigenvalue weighted by molar-refractivity contribution is -0.144. The lowest BCUT2D eigenvalue weighted by Crippen LogP contribution is -2.48. The van der Waals surface area contributed by atoms with E-state index in [0.29, 0.717) is 0 Å². The van der Waals surface area contributed by atoms with E-state index in [9.17, 15) is 9.90 Å². The third-order valence-corrected chi connectivity index (χ3v) is 5.70. The summed E-state index contributed by atoms with van der Waals surface area (Å²) in [5, 5.41) is 11.7. The van der Waals surface area contributed by atoms with E-state index in [2.05, 4.69) is 26.9 Å². The standard InChI is InChI=1S/C22H24ClN3O2/c1-15-5-6-20-18(11-15)19(13-24-20)21(22(27)28)26-9-7-25(8-10-26)14-16-3-2-4-17(23)12-16/h2-6,11-13,21,24H,7-10,14H2,1H3,(H,27,28)/t21-/m1/s1. The summed E-state index contributed by atoms with van der Waals surface area (Å²) < 4.78 is 0. The Bertz CT molecular complexity index is 992. The number of benzene rings is 2. The number of nitrogens with zero attached hydrogens (tertiary/aromatic N) is 2. The number of nitrogens with one attached hydrogen (secondary N) is 1. The van der Waals surface area contributed by atoms with Gasteiger partial charge in [0.1, 0.15) is 6.04 Å². The number of carboxylic acid groups (broad SMARTS) is 1. The number of aryl methyl sites for hydroxylation is 1. The molecule has 0 saturated carbocycles. The van der Waals surface area contributed by atoms with Crippen molar-refractivity contribution in [2.75, 3.05) is 26.2 Å². The zero-order chi connectivity index (χ0) is 19.7. The van der Waals surface area contributed by atoms with E-state index in [-0.39, 0.29) is 0 Å². The Morgan fingerprint density at radius 3 is 2.68 bits per heavy atom. The van der Waals surface area contributed by atoms with Crippen LogP contribution in [0.4, 0.5) is 0 Å². The van der Waals surface area contributed by atoms with Gasteiger partial charge >= 0.3 is 5.97 Å². The van der Waals surface area contributed by atoms with Crippen molar-refractivity contribution < 1.29 is 9.90 Å². The number of aromatic amines is 1. The number of piperazine rings is 1. The number of carbonyl (C=O) groups is 1. The second-order valence-corrected chi connectivity index (χ2v) is 7.91. The first kappa shape index (κ1) is 19.0. The van der Waals surface area contributed by atoms with E-state index in [4.69, 9.17) is 11.6 Å². The molecule has 0 radical (unpaired) electrons. The van der Waals surface area contributed by atoms with Crippen LogP contribution in [0.15, 0.2) is 48.7 Å². The summed E-state index contributed by atoms with van der Waals surface area (Å²) in [5.41, 5.74) is 4.13. The molecule has 1 saturated heterocycles. The van der Waals surface area contributed by atoms with Gasteiger partial charge in [0.2, 0.25) is 0 Å². The Balaban J connectivity index is 1.49. The number of rotatable bonds is 5. The highest BCUT2D eigenvalue weighted by Gasteiger charge is 2.32. The van der Waals surface area contributed by atoms with E-state index in [0.717, 1.165) is 59.8 Å². The molecule has 1 aromatic heterocycles. The molecule has 1 aliphatic heterocycles. The lowest BCUT2D eigenvalue weighted by atomic mass is 10.0. The van der Waals surface area contributed by atoms with Crippen LogP contribution in [0.3, 0.4) is 0 Å². The molecule has 1 aliphatic rings. The van der Waals surface area contributed by atoms with E-state index >= 15 is 0 Å². The Kier molecular flexibility index (Phi) is 5.40. The molecule has 6 heteroatoms. The summed E-state index contributed by atoms with van der Waals surface area (Å²) in [6.45, 7) is 5.96. The number of hydrogen-bond donors (Lipinski definition) is 2. The molecule has 0 amide bonds. The minimum atomic E-state index is -0.800. The maximum Gasteiger partial charge on any atom is 0.325 e. The number of carboxylic acids is 1. The molecule has 28 heavy (non-hydrogen) atoms. The Labute approximate surface area is 169 Å². The normalized spacial score (nSPS) is 17.1. The highest BCUT2D eigenvalue weighted by molar-refractivity contribution is 6.30. The third kappa shape index (κ3) is 3.92. The van der Waals surface area contributed by atoms with Crippen molar-refractivity contribution in [2.45, 2.75) is 19.5 Å². The van der Waals surface area contributed by atoms with E-state index in [1.165, 1.54) is 5.56 Å². The number of halogens is 1. The minimum Gasteiger partial charge on any atom is -0.480 e. The van der Waals surface area contributed by atoms with Crippen LogP contribution in [0, 0.1) is 6.92 Å². The quantitative estimate of drug-likeness (QED) is 0.681. The molecule has 146 valence electrons. The van der Waals surface area contributed by atoms with Crippen molar-refractivity contribution in [1.82, 2.24) is 14.8 Å². The Morgan fingerprint density at radius 1 is 1.18 bits per heavy atom. The molecule has 3 aromatic rings. The molecule has 0 spiro atoms. The second-order valence-electron chi connectivity index (χ2n) is 7.48. The van der Waals surface area contributed by atoms with Gasteiger partial charge in [-0.25, -0.2) is 0 Å². The van der Waals surface area contributed by atoms with E-state index in [1.807, 2.05) is 43.5 Å². The van der Waals surface area contributed by atoms with Crippen LogP contribution >= 0.6 is 11.6 Å². The number of aliphatic carboxylic acids is 1. The number of aromatic nitrogens is 1. The zero-order valence-electron chi connectivity index (χ0n) is 15.9. The molecule has 2 heterocycles. The summed E-state index contributed by atoms with van der Waals surface area (Å²) in [7, 11) is 0. The summed E-state index contributed by atoms with van der Waals surface area (Å²) in [6, 6.07) is 13.4. The maximum absolute atomic E-state index is 12.2. The van der Waals surface area contributed by atoms with Crippen LogP contribution in [0.25, 0.3) is 10.9 Å². The van der Waals surface area contributed by atoms with Gasteiger partial charge in [-0.05, 0) is 36.8 Å². The zero-order valence-corrected chi connectivity index (χ0v) is 16.6. The Hall–Kier alpha value is -2.34. The van der Waals surface area contributed by atoms with Gasteiger partial charge in [0.15, 0.2) is 0 Å². The highest BCUT2D eigenvalue weighted by Crippen LogP contribution is 2.30.